The summed E-state index contributed by atoms with van der Waals surface area (Å²) < 4.78 is 0. The molecule has 4 heterocycles. The highest BCUT2D eigenvalue weighted by atomic mass is 16.2. The lowest BCUT2D eigenvalue weighted by atomic mass is 10.1. The molecule has 0 unspecified atom stereocenters. The van der Waals surface area contributed by atoms with Crippen molar-refractivity contribution >= 4 is 16.9 Å². The number of hydrogen-bond donors (Lipinski definition) is 2. The second kappa shape index (κ2) is 7.72. The van der Waals surface area contributed by atoms with Crippen LogP contribution in [0.3, 0.4) is 0 Å². The Bertz CT molecular complexity index is 1150. The lowest BCUT2D eigenvalue weighted by Gasteiger charge is -2.21. The monoisotopic (exact) mass is 375 g/mol. The quantitative estimate of drug-likeness (QED) is 0.536. The van der Waals surface area contributed by atoms with Gasteiger partial charge < -0.3 is 14.9 Å². The fraction of sp³-hybridized carbons (Fsp3) is 0.150. The first-order valence-electron chi connectivity index (χ1n) is 8.78. The Hall–Kier alpha value is -3.99. The minimum Gasteiger partial charge on any atom is -0.357 e. The summed E-state index contributed by atoms with van der Waals surface area (Å²) in [5, 5.41) is 9.83. The highest BCUT2D eigenvalue weighted by molar-refractivity contribution is 5.96. The van der Waals surface area contributed by atoms with Gasteiger partial charge in [0, 0.05) is 51.7 Å². The summed E-state index contributed by atoms with van der Waals surface area (Å²) in [6.07, 6.45) is 8.72. The van der Waals surface area contributed by atoms with E-state index in [1.165, 1.54) is 6.33 Å². The van der Waals surface area contributed by atoms with E-state index in [0.717, 1.165) is 27.9 Å². The SMILES string of the molecule is N#CCCN(Cc1cccnc1)C(=O)c1cc(-c2ncnc3[nH]ccc23)c[nH]1.[HH].[HH]. The van der Waals surface area contributed by atoms with Gasteiger partial charge in [-0.2, -0.15) is 5.26 Å². The molecule has 4 aromatic rings. The van der Waals surface area contributed by atoms with Gasteiger partial charge in [-0.05, 0) is 23.8 Å². The van der Waals surface area contributed by atoms with Gasteiger partial charge in [0.2, 0.25) is 0 Å². The predicted molar refractivity (Wildman–Crippen MR) is 107 cm³/mol. The second-order valence-corrected chi connectivity index (χ2v) is 6.26. The van der Waals surface area contributed by atoms with Gasteiger partial charge in [-0.3, -0.25) is 9.78 Å². The number of aromatic amines is 2. The standard InChI is InChI=1S/C20H17N7O.2H2/c21-5-2-8-27(12-14-3-1-6-22-10-14)20(28)17-9-15(11-24-17)18-16-4-7-23-19(16)26-13-25-18;;/h1,3-4,6-7,9-11,13,24H,2,8,12H2,(H,23,25,26);2*1H. The molecule has 8 heteroatoms. The molecule has 0 aromatic carbocycles. The van der Waals surface area contributed by atoms with Crippen LogP contribution in [-0.4, -0.2) is 42.3 Å². The number of amides is 1. The summed E-state index contributed by atoms with van der Waals surface area (Å²) in [7, 11) is 0. The van der Waals surface area contributed by atoms with Crippen LogP contribution in [0, 0.1) is 11.3 Å². The highest BCUT2D eigenvalue weighted by Crippen LogP contribution is 2.25. The molecule has 2 N–H and O–H groups in total. The van der Waals surface area contributed by atoms with Crippen molar-refractivity contribution in [3.63, 3.8) is 0 Å². The Labute approximate surface area is 163 Å². The van der Waals surface area contributed by atoms with Gasteiger partial charge in [0.15, 0.2) is 0 Å². The first-order valence-corrected chi connectivity index (χ1v) is 8.78. The molecule has 0 saturated carbocycles. The number of hydrogen-bond acceptors (Lipinski definition) is 5. The minimum atomic E-state index is -0.176. The molecule has 0 atom stereocenters. The number of H-pyrrole nitrogens is 2. The Morgan fingerprint density at radius 1 is 1.29 bits per heavy atom. The second-order valence-electron chi connectivity index (χ2n) is 6.26. The Kier molecular flexibility index (Phi) is 4.80. The van der Waals surface area contributed by atoms with Gasteiger partial charge in [-0.1, -0.05) is 6.07 Å². The topological polar surface area (TPSA) is 114 Å². The minimum absolute atomic E-state index is 0. The van der Waals surface area contributed by atoms with E-state index in [2.05, 4.69) is 31.0 Å². The summed E-state index contributed by atoms with van der Waals surface area (Å²) in [4.78, 5) is 33.4. The Morgan fingerprint density at radius 2 is 2.21 bits per heavy atom. The third kappa shape index (κ3) is 3.46. The third-order valence-corrected chi connectivity index (χ3v) is 4.42. The van der Waals surface area contributed by atoms with Crippen LogP contribution in [0.25, 0.3) is 22.3 Å². The molecule has 0 aliphatic heterocycles. The molecule has 0 bridgehead atoms. The van der Waals surface area contributed by atoms with Gasteiger partial charge in [0.1, 0.15) is 17.7 Å². The molecule has 0 aliphatic carbocycles. The van der Waals surface area contributed by atoms with Crippen LogP contribution in [0.15, 0.2) is 55.4 Å². The number of aromatic nitrogens is 5. The van der Waals surface area contributed by atoms with Gasteiger partial charge in [0.05, 0.1) is 18.2 Å². The fourth-order valence-corrected chi connectivity index (χ4v) is 3.08. The summed E-state index contributed by atoms with van der Waals surface area (Å²) in [5.41, 5.74) is 3.64. The van der Waals surface area contributed by atoms with Gasteiger partial charge in [0.25, 0.3) is 5.91 Å². The van der Waals surface area contributed by atoms with E-state index in [1.807, 2.05) is 18.2 Å². The van der Waals surface area contributed by atoms with Crippen LogP contribution in [0.2, 0.25) is 0 Å². The zero-order valence-electron chi connectivity index (χ0n) is 15.0. The first kappa shape index (κ1) is 17.4. The molecule has 0 aliphatic rings. The first-order chi connectivity index (χ1) is 13.8. The van der Waals surface area contributed by atoms with Crippen LogP contribution in [0.5, 0.6) is 0 Å². The van der Waals surface area contributed by atoms with E-state index in [0.29, 0.717) is 18.8 Å². The highest BCUT2D eigenvalue weighted by Gasteiger charge is 2.19. The van der Waals surface area contributed by atoms with Crippen molar-refractivity contribution in [1.29, 1.82) is 5.26 Å². The van der Waals surface area contributed by atoms with Crippen molar-refractivity contribution in [2.45, 2.75) is 13.0 Å². The maximum atomic E-state index is 13.0. The largest absolute Gasteiger partial charge is 0.357 e. The van der Waals surface area contributed by atoms with E-state index in [-0.39, 0.29) is 15.2 Å². The molecule has 0 fully saturated rings. The maximum Gasteiger partial charge on any atom is 0.270 e. The molecule has 0 saturated heterocycles. The zero-order chi connectivity index (χ0) is 19.3. The Morgan fingerprint density at radius 3 is 3.04 bits per heavy atom. The van der Waals surface area contributed by atoms with E-state index >= 15 is 0 Å². The zero-order valence-corrected chi connectivity index (χ0v) is 15.0. The lowest BCUT2D eigenvalue weighted by Crippen LogP contribution is -2.31. The van der Waals surface area contributed by atoms with E-state index in [9.17, 15) is 4.79 Å². The number of carbonyl (C=O) groups is 1. The number of pyridine rings is 1. The molecular formula is C20H21N7O. The molecule has 0 spiro atoms. The number of carbonyl (C=O) groups excluding carboxylic acids is 1. The molecule has 142 valence electrons. The predicted octanol–water partition coefficient (Wildman–Crippen LogP) is 3.40. The van der Waals surface area contributed by atoms with E-state index in [4.69, 9.17) is 5.26 Å². The number of nitrogens with zero attached hydrogens (tertiary/aromatic N) is 5. The smallest absolute Gasteiger partial charge is 0.270 e. The van der Waals surface area contributed by atoms with Crippen molar-refractivity contribution in [3.05, 3.63) is 66.6 Å². The van der Waals surface area contributed by atoms with Crippen LogP contribution in [0.4, 0.5) is 0 Å². The number of fused-ring (bicyclic) bond motifs is 1. The number of nitrogens with one attached hydrogen (secondary N) is 2. The van der Waals surface area contributed by atoms with Crippen LogP contribution in [0.1, 0.15) is 25.3 Å². The summed E-state index contributed by atoms with van der Waals surface area (Å²) in [6, 6.07) is 9.51. The average Bonchev–Trinajstić information content (AvgIpc) is 3.40. The summed E-state index contributed by atoms with van der Waals surface area (Å²) >= 11 is 0. The Balaban J connectivity index is 0.00000160. The fourth-order valence-electron chi connectivity index (χ4n) is 3.08. The van der Waals surface area contributed by atoms with Crippen LogP contribution in [-0.2, 0) is 6.54 Å². The van der Waals surface area contributed by atoms with Crippen molar-refractivity contribution < 1.29 is 7.65 Å². The van der Waals surface area contributed by atoms with Gasteiger partial charge >= 0.3 is 0 Å². The third-order valence-electron chi connectivity index (χ3n) is 4.42. The van der Waals surface area contributed by atoms with Gasteiger partial charge in [-0.15, -0.1) is 0 Å². The van der Waals surface area contributed by atoms with Crippen molar-refractivity contribution in [2.75, 3.05) is 6.54 Å². The normalized spacial score (nSPS) is 10.7. The van der Waals surface area contributed by atoms with Gasteiger partial charge in [-0.25, -0.2) is 9.97 Å². The van der Waals surface area contributed by atoms with Crippen molar-refractivity contribution in [1.82, 2.24) is 29.8 Å². The molecule has 0 radical (unpaired) electrons. The number of rotatable bonds is 6. The van der Waals surface area contributed by atoms with Crippen LogP contribution < -0.4 is 0 Å². The number of nitriles is 1. The van der Waals surface area contributed by atoms with Crippen molar-refractivity contribution in [3.8, 4) is 17.3 Å². The van der Waals surface area contributed by atoms with E-state index < -0.39 is 0 Å². The lowest BCUT2D eigenvalue weighted by molar-refractivity contribution is 0.0741. The molecule has 28 heavy (non-hydrogen) atoms. The molecule has 8 nitrogen and oxygen atoms in total. The average molecular weight is 375 g/mol. The summed E-state index contributed by atoms with van der Waals surface area (Å²) in [5.74, 6) is -0.176. The molecule has 4 rings (SSSR count). The van der Waals surface area contributed by atoms with Crippen molar-refractivity contribution in [2.24, 2.45) is 0 Å². The molecule has 1 amide bonds. The van der Waals surface area contributed by atoms with E-state index in [1.54, 1.807) is 35.8 Å². The van der Waals surface area contributed by atoms with Crippen LogP contribution >= 0.6 is 0 Å². The molecular weight excluding hydrogens is 354 g/mol. The maximum absolute atomic E-state index is 13.0. The summed E-state index contributed by atoms with van der Waals surface area (Å²) in [6.45, 7) is 0.729. The molecule has 4 aromatic heterocycles.